The summed E-state index contributed by atoms with van der Waals surface area (Å²) in [5.74, 6) is -0.792. The summed E-state index contributed by atoms with van der Waals surface area (Å²) in [4.78, 5) is 27.6. The standard InChI is InChI=1S/C16H22N2O3/c1-11-10-18(14-7-5-4-6-13(11)14)16(21)15(20)17(3)9-8-12(2)19/h4-7,11-12,19H,8-10H2,1-3H3. The van der Waals surface area contributed by atoms with E-state index in [0.717, 1.165) is 11.3 Å². The maximum absolute atomic E-state index is 12.4. The average Bonchev–Trinajstić information content (AvgIpc) is 2.81. The molecule has 0 aromatic heterocycles. The Morgan fingerprint density at radius 3 is 2.76 bits per heavy atom. The van der Waals surface area contributed by atoms with E-state index in [4.69, 9.17) is 0 Å². The molecular formula is C16H22N2O3. The molecule has 2 amide bonds. The van der Waals surface area contributed by atoms with Crippen molar-refractivity contribution in [2.45, 2.75) is 32.3 Å². The number of hydrogen-bond acceptors (Lipinski definition) is 3. The Labute approximate surface area is 125 Å². The molecule has 0 radical (unpaired) electrons. The van der Waals surface area contributed by atoms with Gasteiger partial charge >= 0.3 is 11.8 Å². The molecule has 1 aliphatic heterocycles. The summed E-state index contributed by atoms with van der Waals surface area (Å²) in [5, 5.41) is 9.26. The first-order chi connectivity index (χ1) is 9.91. The van der Waals surface area contributed by atoms with E-state index in [1.54, 1.807) is 18.9 Å². The minimum Gasteiger partial charge on any atom is -0.393 e. The van der Waals surface area contributed by atoms with E-state index in [9.17, 15) is 14.7 Å². The van der Waals surface area contributed by atoms with Gasteiger partial charge in [0.2, 0.25) is 0 Å². The fourth-order valence-electron chi connectivity index (χ4n) is 2.57. The van der Waals surface area contributed by atoms with Crippen molar-refractivity contribution in [2.24, 2.45) is 0 Å². The zero-order valence-corrected chi connectivity index (χ0v) is 12.7. The molecule has 1 aliphatic rings. The van der Waals surface area contributed by atoms with Gasteiger partial charge in [0.25, 0.3) is 0 Å². The molecule has 21 heavy (non-hydrogen) atoms. The summed E-state index contributed by atoms with van der Waals surface area (Å²) in [6, 6.07) is 7.69. The van der Waals surface area contributed by atoms with Crippen LogP contribution < -0.4 is 4.90 Å². The van der Waals surface area contributed by atoms with Gasteiger partial charge < -0.3 is 14.9 Å². The lowest BCUT2D eigenvalue weighted by molar-refractivity contribution is -0.143. The molecule has 114 valence electrons. The number of hydrogen-bond donors (Lipinski definition) is 1. The highest BCUT2D eigenvalue weighted by Crippen LogP contribution is 2.35. The van der Waals surface area contributed by atoms with Gasteiger partial charge in [-0.15, -0.1) is 0 Å². The number of rotatable bonds is 3. The van der Waals surface area contributed by atoms with E-state index < -0.39 is 17.9 Å². The molecule has 1 aromatic carbocycles. The van der Waals surface area contributed by atoms with Gasteiger partial charge in [0.1, 0.15) is 0 Å². The smallest absolute Gasteiger partial charge is 0.316 e. The summed E-state index contributed by atoms with van der Waals surface area (Å²) in [5.41, 5.74) is 1.93. The largest absolute Gasteiger partial charge is 0.393 e. The van der Waals surface area contributed by atoms with Crippen molar-refractivity contribution in [3.8, 4) is 0 Å². The highest BCUT2D eigenvalue weighted by Gasteiger charge is 2.33. The molecule has 2 unspecified atom stereocenters. The summed E-state index contributed by atoms with van der Waals surface area (Å²) < 4.78 is 0. The predicted molar refractivity (Wildman–Crippen MR) is 81.1 cm³/mol. The first-order valence-corrected chi connectivity index (χ1v) is 7.25. The van der Waals surface area contributed by atoms with Crippen LogP contribution in [0.3, 0.4) is 0 Å². The molecule has 0 spiro atoms. The highest BCUT2D eigenvalue weighted by atomic mass is 16.3. The number of carbonyl (C=O) groups is 2. The number of likely N-dealkylation sites (N-methyl/N-ethyl adjacent to an activating group) is 1. The number of benzene rings is 1. The summed E-state index contributed by atoms with van der Waals surface area (Å²) >= 11 is 0. The van der Waals surface area contributed by atoms with Gasteiger partial charge in [0.15, 0.2) is 0 Å². The molecule has 0 bridgehead atoms. The highest BCUT2D eigenvalue weighted by molar-refractivity contribution is 6.40. The van der Waals surface area contributed by atoms with Gasteiger partial charge in [0.05, 0.1) is 6.10 Å². The van der Waals surface area contributed by atoms with Crippen molar-refractivity contribution in [2.75, 3.05) is 25.0 Å². The van der Waals surface area contributed by atoms with E-state index in [2.05, 4.69) is 0 Å². The lowest BCUT2D eigenvalue weighted by Gasteiger charge is -2.22. The van der Waals surface area contributed by atoms with E-state index in [1.165, 1.54) is 4.90 Å². The van der Waals surface area contributed by atoms with Gasteiger partial charge in [-0.05, 0) is 25.0 Å². The number of para-hydroxylation sites is 1. The van der Waals surface area contributed by atoms with Crippen LogP contribution in [0.4, 0.5) is 5.69 Å². The minimum atomic E-state index is -0.528. The minimum absolute atomic E-state index is 0.237. The normalized spacial score (nSPS) is 18.3. The fraction of sp³-hybridized carbons (Fsp3) is 0.500. The third-order valence-corrected chi connectivity index (χ3v) is 3.87. The summed E-state index contributed by atoms with van der Waals surface area (Å²) in [6.45, 7) is 4.62. The molecule has 0 saturated carbocycles. The first kappa shape index (κ1) is 15.5. The molecule has 0 saturated heterocycles. The van der Waals surface area contributed by atoms with Crippen LogP contribution in [0.1, 0.15) is 31.7 Å². The number of carbonyl (C=O) groups excluding carboxylic acids is 2. The lowest BCUT2D eigenvalue weighted by Crippen LogP contribution is -2.44. The van der Waals surface area contributed by atoms with Gasteiger partial charge in [-0.25, -0.2) is 0 Å². The number of fused-ring (bicyclic) bond motifs is 1. The third kappa shape index (κ3) is 3.24. The Hall–Kier alpha value is -1.88. The number of aliphatic hydroxyl groups is 1. The lowest BCUT2D eigenvalue weighted by atomic mass is 10.0. The van der Waals surface area contributed by atoms with Crippen molar-refractivity contribution in [3.05, 3.63) is 29.8 Å². The van der Waals surface area contributed by atoms with Crippen LogP contribution in [0.5, 0.6) is 0 Å². The van der Waals surface area contributed by atoms with Crippen molar-refractivity contribution in [1.29, 1.82) is 0 Å². The number of nitrogens with zero attached hydrogens (tertiary/aromatic N) is 2. The van der Waals surface area contributed by atoms with E-state index in [0.29, 0.717) is 19.5 Å². The second kappa shape index (κ2) is 6.26. The number of amides is 2. The number of anilines is 1. The van der Waals surface area contributed by atoms with E-state index >= 15 is 0 Å². The van der Waals surface area contributed by atoms with Crippen molar-refractivity contribution < 1.29 is 14.7 Å². The maximum Gasteiger partial charge on any atom is 0.316 e. The Morgan fingerprint density at radius 1 is 1.43 bits per heavy atom. The second-order valence-electron chi connectivity index (χ2n) is 5.74. The van der Waals surface area contributed by atoms with Gasteiger partial charge in [-0.3, -0.25) is 9.59 Å². The Bertz CT molecular complexity index is 542. The van der Waals surface area contributed by atoms with E-state index in [-0.39, 0.29) is 5.92 Å². The molecule has 1 heterocycles. The molecular weight excluding hydrogens is 268 g/mol. The van der Waals surface area contributed by atoms with Crippen LogP contribution in [0, 0.1) is 0 Å². The van der Waals surface area contributed by atoms with Crippen LogP contribution >= 0.6 is 0 Å². The monoisotopic (exact) mass is 290 g/mol. The van der Waals surface area contributed by atoms with Gasteiger partial charge in [-0.1, -0.05) is 25.1 Å². The van der Waals surface area contributed by atoms with Gasteiger partial charge in [-0.2, -0.15) is 0 Å². The van der Waals surface area contributed by atoms with Crippen molar-refractivity contribution in [3.63, 3.8) is 0 Å². The maximum atomic E-state index is 12.4. The predicted octanol–water partition coefficient (Wildman–Crippen LogP) is 1.37. The Balaban J connectivity index is 2.09. The molecule has 5 heteroatoms. The van der Waals surface area contributed by atoms with Crippen LogP contribution in [0.25, 0.3) is 0 Å². The molecule has 0 aliphatic carbocycles. The fourth-order valence-corrected chi connectivity index (χ4v) is 2.57. The van der Waals surface area contributed by atoms with Crippen LogP contribution in [-0.2, 0) is 9.59 Å². The topological polar surface area (TPSA) is 60.9 Å². The number of aliphatic hydroxyl groups excluding tert-OH is 1. The zero-order chi connectivity index (χ0) is 15.6. The SMILES string of the molecule is CC(O)CCN(C)C(=O)C(=O)N1CC(C)c2ccccc21. The quantitative estimate of drug-likeness (QED) is 0.855. The third-order valence-electron chi connectivity index (χ3n) is 3.87. The van der Waals surface area contributed by atoms with Crippen LogP contribution in [-0.4, -0.2) is 48.1 Å². The average molecular weight is 290 g/mol. The van der Waals surface area contributed by atoms with Crippen LogP contribution in [0.2, 0.25) is 0 Å². The molecule has 5 nitrogen and oxygen atoms in total. The Kier molecular flexibility index (Phi) is 4.63. The molecule has 2 atom stereocenters. The summed E-state index contributed by atoms with van der Waals surface area (Å²) in [7, 11) is 1.59. The van der Waals surface area contributed by atoms with Crippen molar-refractivity contribution >= 4 is 17.5 Å². The first-order valence-electron chi connectivity index (χ1n) is 7.25. The second-order valence-corrected chi connectivity index (χ2v) is 5.74. The van der Waals surface area contributed by atoms with Crippen molar-refractivity contribution in [1.82, 2.24) is 4.90 Å². The van der Waals surface area contributed by atoms with Crippen LogP contribution in [0.15, 0.2) is 24.3 Å². The zero-order valence-electron chi connectivity index (χ0n) is 12.7. The molecule has 1 aromatic rings. The van der Waals surface area contributed by atoms with E-state index in [1.807, 2.05) is 31.2 Å². The molecule has 2 rings (SSSR count). The summed E-state index contributed by atoms with van der Waals surface area (Å²) in [6.07, 6.45) is -0.0226. The molecule has 0 fully saturated rings. The van der Waals surface area contributed by atoms with Gasteiger partial charge in [0, 0.05) is 31.7 Å². The Morgan fingerprint density at radius 2 is 2.10 bits per heavy atom. The molecule has 1 N–H and O–H groups in total.